The van der Waals surface area contributed by atoms with E-state index in [-0.39, 0.29) is 5.82 Å². The summed E-state index contributed by atoms with van der Waals surface area (Å²) < 4.78 is 14.2. The van der Waals surface area contributed by atoms with Crippen LogP contribution in [0, 0.1) is 5.82 Å². The molecule has 0 aliphatic carbocycles. The Bertz CT molecular complexity index is 542. The molecule has 0 aliphatic rings. The third-order valence-corrected chi connectivity index (χ3v) is 2.77. The Kier molecular flexibility index (Phi) is 3.10. The van der Waals surface area contributed by atoms with Crippen LogP contribution in [0.25, 0.3) is 11.1 Å². The van der Waals surface area contributed by atoms with E-state index in [0.717, 1.165) is 0 Å². The zero-order valence-corrected chi connectivity index (χ0v) is 9.74. The summed E-state index contributed by atoms with van der Waals surface area (Å²) >= 11 is 3.11. The molecule has 0 fully saturated rings. The lowest BCUT2D eigenvalue weighted by Gasteiger charge is -2.04. The molecule has 0 aliphatic heterocycles. The minimum Gasteiger partial charge on any atom is -0.298 e. The van der Waals surface area contributed by atoms with Crippen molar-refractivity contribution in [1.29, 1.82) is 0 Å². The van der Waals surface area contributed by atoms with Crippen molar-refractivity contribution >= 4 is 22.2 Å². The molecule has 0 N–H and O–H groups in total. The van der Waals surface area contributed by atoms with Crippen molar-refractivity contribution in [1.82, 2.24) is 4.98 Å². The lowest BCUT2D eigenvalue weighted by atomic mass is 10.1. The molecule has 1 aromatic heterocycles. The fourth-order valence-electron chi connectivity index (χ4n) is 1.40. The molecule has 0 amide bonds. The molecule has 0 saturated carbocycles. The van der Waals surface area contributed by atoms with Crippen LogP contribution in [-0.4, -0.2) is 11.3 Å². The van der Waals surface area contributed by atoms with E-state index in [4.69, 9.17) is 0 Å². The summed E-state index contributed by atoms with van der Waals surface area (Å²) in [6.45, 7) is 0. The van der Waals surface area contributed by atoms with Crippen molar-refractivity contribution in [3.63, 3.8) is 0 Å². The molecule has 2 aromatic rings. The Hall–Kier alpha value is -1.55. The molecule has 4 heteroatoms. The van der Waals surface area contributed by atoms with E-state index in [1.54, 1.807) is 24.3 Å². The van der Waals surface area contributed by atoms with Gasteiger partial charge in [0.1, 0.15) is 5.82 Å². The van der Waals surface area contributed by atoms with Gasteiger partial charge in [0.25, 0.3) is 0 Å². The van der Waals surface area contributed by atoms with Crippen molar-refractivity contribution < 1.29 is 9.18 Å². The quantitative estimate of drug-likeness (QED) is 0.788. The summed E-state index contributed by atoms with van der Waals surface area (Å²) in [5, 5.41) is 0. The van der Waals surface area contributed by atoms with Crippen LogP contribution in [0.1, 0.15) is 10.4 Å². The largest absolute Gasteiger partial charge is 0.298 e. The van der Waals surface area contributed by atoms with Gasteiger partial charge in [0.2, 0.25) is 0 Å². The third kappa shape index (κ3) is 2.02. The number of aromatic nitrogens is 1. The standard InChI is InChI=1S/C12H7BrFNO/c13-11-3-1-2-10(12(11)14)9-4-8(7-16)5-15-6-9/h1-7H. The first kappa shape index (κ1) is 11.0. The minimum absolute atomic E-state index is 0.354. The zero-order chi connectivity index (χ0) is 11.5. The average Bonchev–Trinajstić information content (AvgIpc) is 2.33. The molecule has 0 spiro atoms. The van der Waals surface area contributed by atoms with Gasteiger partial charge in [0, 0.05) is 29.1 Å². The summed E-state index contributed by atoms with van der Waals surface area (Å²) in [6, 6.07) is 6.60. The highest BCUT2D eigenvalue weighted by atomic mass is 79.9. The van der Waals surface area contributed by atoms with E-state index in [0.29, 0.717) is 27.4 Å². The smallest absolute Gasteiger partial charge is 0.151 e. The van der Waals surface area contributed by atoms with Crippen molar-refractivity contribution in [3.05, 3.63) is 52.5 Å². The summed E-state index contributed by atoms with van der Waals surface area (Å²) in [6.07, 6.45) is 3.65. The van der Waals surface area contributed by atoms with Gasteiger partial charge in [-0.2, -0.15) is 0 Å². The Morgan fingerprint density at radius 2 is 2.12 bits per heavy atom. The number of pyridine rings is 1. The van der Waals surface area contributed by atoms with Crippen LogP contribution >= 0.6 is 15.9 Å². The Morgan fingerprint density at radius 1 is 1.31 bits per heavy atom. The lowest BCUT2D eigenvalue weighted by Crippen LogP contribution is -1.89. The zero-order valence-electron chi connectivity index (χ0n) is 8.15. The van der Waals surface area contributed by atoms with Crippen LogP contribution in [0.2, 0.25) is 0 Å². The second kappa shape index (κ2) is 4.53. The highest BCUT2D eigenvalue weighted by Gasteiger charge is 2.08. The van der Waals surface area contributed by atoms with Gasteiger partial charge in [-0.15, -0.1) is 0 Å². The topological polar surface area (TPSA) is 30.0 Å². The van der Waals surface area contributed by atoms with Crippen molar-refractivity contribution in [2.75, 3.05) is 0 Å². The molecule has 0 bridgehead atoms. The molecule has 0 radical (unpaired) electrons. The summed E-state index contributed by atoms with van der Waals surface area (Å²) in [5.41, 5.74) is 1.44. The van der Waals surface area contributed by atoms with Gasteiger partial charge < -0.3 is 0 Å². The molecule has 80 valence electrons. The van der Waals surface area contributed by atoms with Crippen molar-refractivity contribution in [2.45, 2.75) is 0 Å². The molecular weight excluding hydrogens is 273 g/mol. The molecule has 1 aromatic carbocycles. The lowest BCUT2D eigenvalue weighted by molar-refractivity contribution is 0.112. The van der Waals surface area contributed by atoms with Crippen LogP contribution in [0.15, 0.2) is 41.1 Å². The van der Waals surface area contributed by atoms with Gasteiger partial charge in [-0.3, -0.25) is 9.78 Å². The molecule has 16 heavy (non-hydrogen) atoms. The van der Waals surface area contributed by atoms with Gasteiger partial charge in [-0.1, -0.05) is 12.1 Å². The van der Waals surface area contributed by atoms with Crippen molar-refractivity contribution in [2.24, 2.45) is 0 Å². The predicted molar refractivity (Wildman–Crippen MR) is 62.7 cm³/mol. The normalized spacial score (nSPS) is 10.1. The molecular formula is C12H7BrFNO. The third-order valence-electron chi connectivity index (χ3n) is 2.16. The van der Waals surface area contributed by atoms with Crippen LogP contribution in [-0.2, 0) is 0 Å². The van der Waals surface area contributed by atoms with E-state index in [1.807, 2.05) is 0 Å². The fraction of sp³-hybridized carbons (Fsp3) is 0. The molecule has 2 rings (SSSR count). The number of hydrogen-bond acceptors (Lipinski definition) is 2. The number of halogens is 2. The maximum Gasteiger partial charge on any atom is 0.151 e. The first-order chi connectivity index (χ1) is 7.72. The molecule has 1 heterocycles. The SMILES string of the molecule is O=Cc1cncc(-c2cccc(Br)c2F)c1. The molecule has 0 unspecified atom stereocenters. The average molecular weight is 280 g/mol. The van der Waals surface area contributed by atoms with E-state index < -0.39 is 0 Å². The first-order valence-corrected chi connectivity index (χ1v) is 5.36. The highest BCUT2D eigenvalue weighted by Crippen LogP contribution is 2.27. The van der Waals surface area contributed by atoms with E-state index in [9.17, 15) is 9.18 Å². The summed E-state index contributed by atoms with van der Waals surface area (Å²) in [7, 11) is 0. The van der Waals surface area contributed by atoms with Gasteiger partial charge in [-0.05, 0) is 28.1 Å². The molecule has 0 atom stereocenters. The second-order valence-corrected chi connectivity index (χ2v) is 4.08. The predicted octanol–water partition coefficient (Wildman–Crippen LogP) is 3.46. The number of rotatable bonds is 2. The highest BCUT2D eigenvalue weighted by molar-refractivity contribution is 9.10. The van der Waals surface area contributed by atoms with Crippen LogP contribution in [0.5, 0.6) is 0 Å². The Morgan fingerprint density at radius 3 is 2.88 bits per heavy atom. The molecule has 0 saturated heterocycles. The van der Waals surface area contributed by atoms with E-state index in [2.05, 4.69) is 20.9 Å². The second-order valence-electron chi connectivity index (χ2n) is 3.23. The monoisotopic (exact) mass is 279 g/mol. The van der Waals surface area contributed by atoms with Crippen LogP contribution in [0.3, 0.4) is 0 Å². The fourth-order valence-corrected chi connectivity index (χ4v) is 1.76. The number of carbonyl (C=O) groups excluding carboxylic acids is 1. The van der Waals surface area contributed by atoms with Gasteiger partial charge in [-0.25, -0.2) is 4.39 Å². The van der Waals surface area contributed by atoms with Crippen molar-refractivity contribution in [3.8, 4) is 11.1 Å². The molecule has 2 nitrogen and oxygen atoms in total. The Labute approximate surface area is 100 Å². The minimum atomic E-state index is -0.354. The maximum atomic E-state index is 13.8. The number of hydrogen-bond donors (Lipinski definition) is 0. The summed E-state index contributed by atoms with van der Waals surface area (Å²) in [5.74, 6) is -0.354. The van der Waals surface area contributed by atoms with Gasteiger partial charge in [0.15, 0.2) is 6.29 Å². The van der Waals surface area contributed by atoms with Gasteiger partial charge in [0.05, 0.1) is 4.47 Å². The van der Waals surface area contributed by atoms with Crippen LogP contribution in [0.4, 0.5) is 4.39 Å². The number of carbonyl (C=O) groups is 1. The maximum absolute atomic E-state index is 13.8. The number of benzene rings is 1. The van der Waals surface area contributed by atoms with E-state index in [1.165, 1.54) is 12.4 Å². The first-order valence-electron chi connectivity index (χ1n) is 4.57. The Balaban J connectivity index is 2.58. The van der Waals surface area contributed by atoms with E-state index >= 15 is 0 Å². The number of aldehydes is 1. The summed E-state index contributed by atoms with van der Waals surface area (Å²) in [4.78, 5) is 14.5. The van der Waals surface area contributed by atoms with Crippen LogP contribution < -0.4 is 0 Å². The van der Waals surface area contributed by atoms with Gasteiger partial charge >= 0.3 is 0 Å². The number of nitrogens with zero attached hydrogens (tertiary/aromatic N) is 1.